The first-order valence-corrected chi connectivity index (χ1v) is 8.99. The molecule has 146 valence electrons. The number of rotatable bonds is 7. The number of benzene rings is 2. The number of anilines is 1. The predicted octanol–water partition coefficient (Wildman–Crippen LogP) is 3.24. The van der Waals surface area contributed by atoms with Gasteiger partial charge in [-0.05, 0) is 47.1 Å². The third-order valence-corrected chi connectivity index (χ3v) is 4.10. The summed E-state index contributed by atoms with van der Waals surface area (Å²) in [5, 5.41) is 13.9. The number of nitrogens with zero attached hydrogens (tertiary/aromatic N) is 1. The van der Waals surface area contributed by atoms with Gasteiger partial charge in [-0.25, -0.2) is 4.39 Å². The number of nitrogens with one attached hydrogen (secondary N) is 2. The molecule has 2 amide bonds. The molecule has 9 heteroatoms. The van der Waals surface area contributed by atoms with Gasteiger partial charge in [0.1, 0.15) is 5.82 Å². The van der Waals surface area contributed by atoms with E-state index in [9.17, 15) is 14.0 Å². The molecule has 0 aliphatic carbocycles. The van der Waals surface area contributed by atoms with E-state index in [0.717, 1.165) is 6.07 Å². The Kier molecular flexibility index (Phi) is 7.35. The molecule has 0 fully saturated rings. The fraction of sp³-hybridized carbons (Fsp3) is 0.211. The summed E-state index contributed by atoms with van der Waals surface area (Å²) in [7, 11) is 1.38. The summed E-state index contributed by atoms with van der Waals surface area (Å²) in [5.74, 6) is -1.22. The Morgan fingerprint density at radius 3 is 2.64 bits per heavy atom. The van der Waals surface area contributed by atoms with Crippen LogP contribution in [0.15, 0.2) is 34.8 Å². The molecule has 0 heterocycles. The lowest BCUT2D eigenvalue weighted by atomic mass is 10.1. The van der Waals surface area contributed by atoms with E-state index in [1.54, 1.807) is 13.0 Å². The molecule has 28 heavy (non-hydrogen) atoms. The van der Waals surface area contributed by atoms with E-state index >= 15 is 0 Å². The van der Waals surface area contributed by atoms with Crippen molar-refractivity contribution < 1.29 is 23.5 Å². The summed E-state index contributed by atoms with van der Waals surface area (Å²) in [5.41, 5.74) is 0.437. The third kappa shape index (κ3) is 5.20. The van der Waals surface area contributed by atoms with Crippen LogP contribution in [0, 0.1) is 17.1 Å². The van der Waals surface area contributed by atoms with Gasteiger partial charge in [-0.1, -0.05) is 0 Å². The molecular formula is C19H17BrFN3O4. The van der Waals surface area contributed by atoms with Crippen molar-refractivity contribution in [2.75, 3.05) is 25.6 Å². The molecule has 0 aromatic heterocycles. The highest BCUT2D eigenvalue weighted by Gasteiger charge is 2.15. The summed E-state index contributed by atoms with van der Waals surface area (Å²) in [6.07, 6.45) is 0. The Balaban J connectivity index is 2.11. The average molecular weight is 450 g/mol. The van der Waals surface area contributed by atoms with E-state index in [1.165, 1.54) is 25.2 Å². The van der Waals surface area contributed by atoms with E-state index in [-0.39, 0.29) is 23.6 Å². The number of amides is 2. The standard InChI is InChI=1S/C19H17BrFN3O4/c1-3-27-16-7-11(9-22)6-14(20)18(16)28-10-17(25)24-12-4-5-15(21)13(8-12)19(26)23-2/h4-8H,3,10H2,1-2H3,(H,23,26)(H,24,25). The zero-order chi connectivity index (χ0) is 20.7. The van der Waals surface area contributed by atoms with Crippen molar-refractivity contribution in [3.05, 3.63) is 51.7 Å². The largest absolute Gasteiger partial charge is 0.490 e. The number of carbonyl (C=O) groups is 2. The Bertz CT molecular complexity index is 944. The van der Waals surface area contributed by atoms with E-state index in [1.807, 2.05) is 6.07 Å². The molecular weight excluding hydrogens is 433 g/mol. The summed E-state index contributed by atoms with van der Waals surface area (Å²) in [6.45, 7) is 1.76. The average Bonchev–Trinajstić information content (AvgIpc) is 2.68. The van der Waals surface area contributed by atoms with Crippen LogP contribution in [0.3, 0.4) is 0 Å². The van der Waals surface area contributed by atoms with Gasteiger partial charge in [-0.3, -0.25) is 9.59 Å². The van der Waals surface area contributed by atoms with Crippen molar-refractivity contribution in [2.24, 2.45) is 0 Å². The Morgan fingerprint density at radius 1 is 1.25 bits per heavy atom. The molecule has 7 nitrogen and oxygen atoms in total. The molecule has 0 bridgehead atoms. The monoisotopic (exact) mass is 449 g/mol. The first kappa shape index (κ1) is 21.2. The summed E-state index contributed by atoms with van der Waals surface area (Å²) in [6, 6.07) is 8.72. The first-order valence-electron chi connectivity index (χ1n) is 8.20. The van der Waals surface area contributed by atoms with Crippen molar-refractivity contribution in [1.29, 1.82) is 5.26 Å². The maximum atomic E-state index is 13.7. The van der Waals surface area contributed by atoms with Crippen molar-refractivity contribution in [2.45, 2.75) is 6.92 Å². The number of hydrogen-bond acceptors (Lipinski definition) is 5. The minimum Gasteiger partial charge on any atom is -0.490 e. The van der Waals surface area contributed by atoms with Gasteiger partial charge >= 0.3 is 0 Å². The smallest absolute Gasteiger partial charge is 0.262 e. The highest BCUT2D eigenvalue weighted by atomic mass is 79.9. The molecule has 2 aromatic rings. The van der Waals surface area contributed by atoms with Crippen molar-refractivity contribution >= 4 is 33.4 Å². The highest BCUT2D eigenvalue weighted by Crippen LogP contribution is 2.36. The quantitative estimate of drug-likeness (QED) is 0.675. The summed E-state index contributed by atoms with van der Waals surface area (Å²) < 4.78 is 25.1. The van der Waals surface area contributed by atoms with Gasteiger partial charge in [0.05, 0.1) is 28.3 Å². The van der Waals surface area contributed by atoms with Gasteiger partial charge in [0, 0.05) is 18.8 Å². The molecule has 0 atom stereocenters. The molecule has 0 saturated carbocycles. The van der Waals surface area contributed by atoms with Crippen LogP contribution >= 0.6 is 15.9 Å². The number of halogens is 2. The topological polar surface area (TPSA) is 100 Å². The number of hydrogen-bond donors (Lipinski definition) is 2. The lowest BCUT2D eigenvalue weighted by Gasteiger charge is -2.14. The van der Waals surface area contributed by atoms with Gasteiger partial charge in [0.2, 0.25) is 0 Å². The number of carbonyl (C=O) groups excluding carboxylic acids is 2. The van der Waals surface area contributed by atoms with Crippen LogP contribution in [0.5, 0.6) is 11.5 Å². The predicted molar refractivity (Wildman–Crippen MR) is 104 cm³/mol. The Hall–Kier alpha value is -3.12. The molecule has 0 radical (unpaired) electrons. The SMILES string of the molecule is CCOc1cc(C#N)cc(Br)c1OCC(=O)Nc1ccc(F)c(C(=O)NC)c1. The van der Waals surface area contributed by atoms with Gasteiger partial charge in [0.25, 0.3) is 11.8 Å². The van der Waals surface area contributed by atoms with Crippen molar-refractivity contribution in [3.63, 3.8) is 0 Å². The van der Waals surface area contributed by atoms with Crippen molar-refractivity contribution in [1.82, 2.24) is 5.32 Å². The molecule has 2 aromatic carbocycles. The second-order valence-corrected chi connectivity index (χ2v) is 6.30. The summed E-state index contributed by atoms with van der Waals surface area (Å²) >= 11 is 3.29. The van der Waals surface area contributed by atoms with Crippen LogP contribution in [0.25, 0.3) is 0 Å². The lowest BCUT2D eigenvalue weighted by molar-refractivity contribution is -0.118. The van der Waals surface area contributed by atoms with Crippen LogP contribution in [-0.4, -0.2) is 32.1 Å². The normalized spacial score (nSPS) is 9.96. The highest BCUT2D eigenvalue weighted by molar-refractivity contribution is 9.10. The maximum absolute atomic E-state index is 13.7. The zero-order valence-corrected chi connectivity index (χ0v) is 16.7. The first-order chi connectivity index (χ1) is 13.4. The maximum Gasteiger partial charge on any atom is 0.262 e. The fourth-order valence-corrected chi connectivity index (χ4v) is 2.84. The number of nitriles is 1. The van der Waals surface area contributed by atoms with Gasteiger partial charge in [-0.2, -0.15) is 5.26 Å². The molecule has 0 aliphatic heterocycles. The van der Waals surface area contributed by atoms with Crippen LogP contribution in [0.2, 0.25) is 0 Å². The van der Waals surface area contributed by atoms with Crippen molar-refractivity contribution in [3.8, 4) is 17.6 Å². The Labute approximate surface area is 169 Å². The second-order valence-electron chi connectivity index (χ2n) is 5.44. The van der Waals surface area contributed by atoms with Gasteiger partial charge in [-0.15, -0.1) is 0 Å². The third-order valence-electron chi connectivity index (χ3n) is 3.51. The molecule has 0 saturated heterocycles. The Morgan fingerprint density at radius 2 is 2.00 bits per heavy atom. The minimum atomic E-state index is -0.698. The van der Waals surface area contributed by atoms with Gasteiger partial charge < -0.3 is 20.1 Å². The molecule has 2 rings (SSSR count). The fourth-order valence-electron chi connectivity index (χ4n) is 2.28. The van der Waals surface area contributed by atoms with E-state index in [4.69, 9.17) is 14.7 Å². The van der Waals surface area contributed by atoms with E-state index in [2.05, 4.69) is 26.6 Å². The number of ether oxygens (including phenoxy) is 2. The molecule has 0 spiro atoms. The minimum absolute atomic E-state index is 0.185. The zero-order valence-electron chi connectivity index (χ0n) is 15.1. The van der Waals surface area contributed by atoms with E-state index in [0.29, 0.717) is 22.4 Å². The molecule has 2 N–H and O–H groups in total. The van der Waals surface area contributed by atoms with Gasteiger partial charge in [0.15, 0.2) is 18.1 Å². The lowest BCUT2D eigenvalue weighted by Crippen LogP contribution is -2.22. The van der Waals surface area contributed by atoms with Crippen LogP contribution in [0.1, 0.15) is 22.8 Å². The van der Waals surface area contributed by atoms with Crippen LogP contribution < -0.4 is 20.1 Å². The second kappa shape index (κ2) is 9.71. The summed E-state index contributed by atoms with van der Waals surface area (Å²) in [4.78, 5) is 23.8. The molecule has 0 unspecified atom stereocenters. The van der Waals surface area contributed by atoms with Crippen LogP contribution in [0.4, 0.5) is 10.1 Å². The van der Waals surface area contributed by atoms with Crippen LogP contribution in [-0.2, 0) is 4.79 Å². The molecule has 0 aliphatic rings. The van der Waals surface area contributed by atoms with E-state index < -0.39 is 17.6 Å².